The summed E-state index contributed by atoms with van der Waals surface area (Å²) < 4.78 is 0. The molecular weight excluding hydrogens is 376 g/mol. The highest BCUT2D eigenvalue weighted by atomic mass is 15.4. The maximum absolute atomic E-state index is 6.16. The molecule has 0 atom stereocenters. The molecule has 0 bridgehead atoms. The van der Waals surface area contributed by atoms with Crippen molar-refractivity contribution < 1.29 is 0 Å². The van der Waals surface area contributed by atoms with Crippen LogP contribution in [0.25, 0.3) is 0 Å². The molecule has 0 unspecified atom stereocenters. The molecule has 8 heteroatoms. The van der Waals surface area contributed by atoms with Crippen molar-refractivity contribution in [1.82, 2.24) is 19.8 Å². The van der Waals surface area contributed by atoms with E-state index in [1.54, 1.807) is 0 Å². The summed E-state index contributed by atoms with van der Waals surface area (Å²) in [6.45, 7) is 10.1. The molecule has 2 aliphatic heterocycles. The van der Waals surface area contributed by atoms with Crippen molar-refractivity contribution in [3.05, 3.63) is 35.4 Å². The van der Waals surface area contributed by atoms with E-state index in [4.69, 9.17) is 10.7 Å². The Balaban J connectivity index is 1.38. The Morgan fingerprint density at radius 1 is 1.03 bits per heavy atom. The van der Waals surface area contributed by atoms with Gasteiger partial charge in [-0.3, -0.25) is 4.90 Å². The van der Waals surface area contributed by atoms with E-state index < -0.39 is 0 Å². The maximum Gasteiger partial charge on any atom is 0.226 e. The van der Waals surface area contributed by atoms with Crippen molar-refractivity contribution >= 4 is 23.3 Å². The van der Waals surface area contributed by atoms with Gasteiger partial charge in [-0.1, -0.05) is 37.6 Å². The minimum absolute atomic E-state index is 0.504. The lowest BCUT2D eigenvalue weighted by Crippen LogP contribution is -2.43. The van der Waals surface area contributed by atoms with Gasteiger partial charge in [0.05, 0.1) is 6.67 Å². The molecule has 0 spiro atoms. The number of nitrogens with zero attached hydrogens (tertiary/aromatic N) is 5. The summed E-state index contributed by atoms with van der Waals surface area (Å²) in [7, 11) is 2.19. The first-order valence-electron chi connectivity index (χ1n) is 11.0. The van der Waals surface area contributed by atoms with Crippen LogP contribution in [0.5, 0.6) is 0 Å². The highest BCUT2D eigenvalue weighted by Gasteiger charge is 2.24. The van der Waals surface area contributed by atoms with Crippen LogP contribution in [0.4, 0.5) is 23.3 Å². The van der Waals surface area contributed by atoms with Crippen LogP contribution in [0.3, 0.4) is 0 Å². The molecule has 2 aliphatic rings. The summed E-state index contributed by atoms with van der Waals surface area (Å²) in [5, 5.41) is 6.62. The third-order valence-corrected chi connectivity index (χ3v) is 5.88. The number of nitrogens with one attached hydrogen (secondary N) is 2. The second-order valence-electron chi connectivity index (χ2n) is 8.34. The molecule has 3 heterocycles. The summed E-state index contributed by atoms with van der Waals surface area (Å²) in [6.07, 6.45) is 2.22. The third-order valence-electron chi connectivity index (χ3n) is 5.88. The molecule has 30 heavy (non-hydrogen) atoms. The zero-order chi connectivity index (χ0) is 20.9. The normalized spacial score (nSPS) is 17.1. The summed E-state index contributed by atoms with van der Waals surface area (Å²) >= 11 is 0. The van der Waals surface area contributed by atoms with Gasteiger partial charge < -0.3 is 26.2 Å². The molecule has 8 nitrogen and oxygen atoms in total. The third kappa shape index (κ3) is 4.94. The Hall–Kier alpha value is -2.58. The van der Waals surface area contributed by atoms with Crippen molar-refractivity contribution in [2.45, 2.75) is 32.9 Å². The van der Waals surface area contributed by atoms with Crippen molar-refractivity contribution in [2.24, 2.45) is 0 Å². The predicted octanol–water partition coefficient (Wildman–Crippen LogP) is 2.41. The quantitative estimate of drug-likeness (QED) is 0.572. The molecule has 0 radical (unpaired) electrons. The van der Waals surface area contributed by atoms with Gasteiger partial charge in [0.1, 0.15) is 5.69 Å². The predicted molar refractivity (Wildman–Crippen MR) is 124 cm³/mol. The number of benzene rings is 1. The minimum Gasteiger partial charge on any atom is -0.382 e. The van der Waals surface area contributed by atoms with Crippen LogP contribution in [0.15, 0.2) is 24.3 Å². The Morgan fingerprint density at radius 2 is 1.73 bits per heavy atom. The number of likely N-dealkylation sites (N-methyl/N-ethyl adjacent to an activating group) is 1. The molecule has 4 rings (SSSR count). The number of nitrogen functional groups attached to an aromatic ring is 1. The fraction of sp³-hybridized carbons (Fsp3) is 0.545. The smallest absolute Gasteiger partial charge is 0.226 e. The van der Waals surface area contributed by atoms with E-state index in [-0.39, 0.29) is 0 Å². The lowest BCUT2D eigenvalue weighted by molar-refractivity contribution is 0.148. The molecule has 2 aromatic rings. The first-order chi connectivity index (χ1) is 14.6. The van der Waals surface area contributed by atoms with Gasteiger partial charge in [0.25, 0.3) is 0 Å². The van der Waals surface area contributed by atoms with E-state index in [0.29, 0.717) is 18.4 Å². The van der Waals surface area contributed by atoms with E-state index in [1.807, 2.05) is 0 Å². The zero-order valence-corrected chi connectivity index (χ0v) is 18.2. The maximum atomic E-state index is 6.16. The monoisotopic (exact) mass is 410 g/mol. The average molecular weight is 411 g/mol. The highest BCUT2D eigenvalue weighted by Crippen LogP contribution is 2.35. The molecule has 162 valence electrons. The Labute approximate surface area is 179 Å². The van der Waals surface area contributed by atoms with E-state index in [1.165, 1.54) is 11.1 Å². The molecule has 0 amide bonds. The van der Waals surface area contributed by atoms with Crippen LogP contribution in [0.1, 0.15) is 30.9 Å². The van der Waals surface area contributed by atoms with E-state index in [2.05, 4.69) is 68.6 Å². The van der Waals surface area contributed by atoms with E-state index in [0.717, 1.165) is 70.2 Å². The lowest BCUT2D eigenvalue weighted by atomic mass is 10.1. The lowest BCUT2D eigenvalue weighted by Gasteiger charge is -2.32. The second kappa shape index (κ2) is 9.49. The van der Waals surface area contributed by atoms with Crippen LogP contribution in [0, 0.1) is 0 Å². The number of aromatic nitrogens is 2. The first-order valence-corrected chi connectivity index (χ1v) is 11.0. The Kier molecular flexibility index (Phi) is 6.54. The number of rotatable bonds is 8. The SMILES string of the molecule is CCCCNc1nc(N)c2c(n1)N(Cc1ccc(CN3CCN(C)CC3)cc1)CN2. The molecule has 0 aliphatic carbocycles. The summed E-state index contributed by atoms with van der Waals surface area (Å²) in [5.41, 5.74) is 9.64. The minimum atomic E-state index is 0.504. The number of fused-ring (bicyclic) bond motifs is 1. The number of hydrogen-bond donors (Lipinski definition) is 3. The molecule has 1 aromatic carbocycles. The highest BCUT2D eigenvalue weighted by molar-refractivity contribution is 5.81. The Bertz CT molecular complexity index is 830. The Morgan fingerprint density at radius 3 is 2.43 bits per heavy atom. The number of unbranched alkanes of at least 4 members (excludes halogenated alkanes) is 1. The summed E-state index contributed by atoms with van der Waals surface area (Å²) in [6, 6.07) is 8.97. The van der Waals surface area contributed by atoms with Crippen LogP contribution < -0.4 is 21.3 Å². The van der Waals surface area contributed by atoms with E-state index in [9.17, 15) is 0 Å². The summed E-state index contributed by atoms with van der Waals surface area (Å²) in [4.78, 5) is 16.2. The molecule has 4 N–H and O–H groups in total. The fourth-order valence-electron chi connectivity index (χ4n) is 3.94. The zero-order valence-electron chi connectivity index (χ0n) is 18.2. The van der Waals surface area contributed by atoms with Crippen molar-refractivity contribution in [3.63, 3.8) is 0 Å². The van der Waals surface area contributed by atoms with Gasteiger partial charge in [-0.05, 0) is 24.6 Å². The average Bonchev–Trinajstić information content (AvgIpc) is 3.15. The largest absolute Gasteiger partial charge is 0.382 e. The number of nitrogens with two attached hydrogens (primary N) is 1. The second-order valence-corrected chi connectivity index (χ2v) is 8.34. The van der Waals surface area contributed by atoms with Gasteiger partial charge in [0.15, 0.2) is 11.6 Å². The van der Waals surface area contributed by atoms with Gasteiger partial charge in [-0.2, -0.15) is 9.97 Å². The van der Waals surface area contributed by atoms with Gasteiger partial charge in [0.2, 0.25) is 5.95 Å². The fourth-order valence-corrected chi connectivity index (χ4v) is 3.94. The van der Waals surface area contributed by atoms with E-state index >= 15 is 0 Å². The van der Waals surface area contributed by atoms with Gasteiger partial charge >= 0.3 is 0 Å². The molecule has 1 aromatic heterocycles. The van der Waals surface area contributed by atoms with Gasteiger partial charge in [0, 0.05) is 45.8 Å². The van der Waals surface area contributed by atoms with Crippen LogP contribution in [-0.4, -0.2) is 66.2 Å². The molecule has 1 saturated heterocycles. The molecule has 1 fully saturated rings. The topological polar surface area (TPSA) is 85.6 Å². The number of anilines is 4. The van der Waals surface area contributed by atoms with Crippen molar-refractivity contribution in [1.29, 1.82) is 0 Å². The van der Waals surface area contributed by atoms with Crippen LogP contribution in [-0.2, 0) is 13.1 Å². The van der Waals surface area contributed by atoms with Gasteiger partial charge in [-0.15, -0.1) is 0 Å². The molecular formula is C22H34N8. The first kappa shape index (κ1) is 20.7. The summed E-state index contributed by atoms with van der Waals surface area (Å²) in [5.74, 6) is 1.99. The van der Waals surface area contributed by atoms with Crippen LogP contribution in [0.2, 0.25) is 0 Å². The van der Waals surface area contributed by atoms with Crippen molar-refractivity contribution in [2.75, 3.05) is 67.7 Å². The number of piperazine rings is 1. The molecule has 0 saturated carbocycles. The van der Waals surface area contributed by atoms with Crippen molar-refractivity contribution in [3.8, 4) is 0 Å². The van der Waals surface area contributed by atoms with Crippen LogP contribution >= 0.6 is 0 Å². The number of hydrogen-bond acceptors (Lipinski definition) is 8. The van der Waals surface area contributed by atoms with Gasteiger partial charge in [-0.25, -0.2) is 0 Å². The standard InChI is InChI=1S/C22H34N8/c1-3-4-9-24-22-26-20(23)19-21(27-22)30(16-25-19)15-18-7-5-17(6-8-18)14-29-12-10-28(2)11-13-29/h5-8,25H,3-4,9-16H2,1-2H3,(H3,23,24,26,27).